The molecule has 88 valence electrons. The molecule has 0 aromatic heterocycles. The Bertz CT molecular complexity index is 437. The van der Waals surface area contributed by atoms with Crippen LogP contribution in [0.15, 0.2) is 60.7 Å². The maximum Gasteiger partial charge on any atom is 2.00 e. The fourth-order valence-corrected chi connectivity index (χ4v) is 1.04. The summed E-state index contributed by atoms with van der Waals surface area (Å²) >= 11 is 0. The van der Waals surface area contributed by atoms with Crippen molar-refractivity contribution in [3.05, 3.63) is 84.6 Å². The molecule has 0 aliphatic carbocycles. The normalized spacial score (nSPS) is 7.41. The molecule has 0 unspecified atom stereocenters. The van der Waals surface area contributed by atoms with Crippen LogP contribution in [0.25, 0.3) is 0 Å². The minimum atomic E-state index is 0. The van der Waals surface area contributed by atoms with Crippen LogP contribution >= 0.6 is 0 Å². The maximum absolute atomic E-state index is 6.69. The Morgan fingerprint density at radius 3 is 1.06 bits per heavy atom. The van der Waals surface area contributed by atoms with E-state index in [0.717, 1.165) is 11.1 Å². The molecule has 0 nitrogen and oxygen atoms in total. The van der Waals surface area contributed by atoms with Crippen LogP contribution in [-0.4, -0.2) is 0 Å². The topological polar surface area (TPSA) is 0 Å². The van der Waals surface area contributed by atoms with E-state index in [-0.39, 0.29) is 46.9 Å². The molecule has 0 fully saturated rings. The summed E-state index contributed by atoms with van der Waals surface area (Å²) in [5.41, 5.74) is 1.65. The predicted molar refractivity (Wildman–Crippen MR) is 65.4 cm³/mol. The maximum atomic E-state index is 6.69. The van der Waals surface area contributed by atoms with Crippen LogP contribution in [-0.2, 0) is 0 Å². The van der Waals surface area contributed by atoms with Gasteiger partial charge in [0.2, 0.25) is 0 Å². The second-order valence-electron chi connectivity index (χ2n) is 2.98. The van der Waals surface area contributed by atoms with E-state index in [4.69, 9.17) is 12.8 Å². The third-order valence-electron chi connectivity index (χ3n) is 1.84. The quantitative estimate of drug-likeness (QED) is 0.490. The minimum Gasteiger partial charge on any atom is -0.366 e. The van der Waals surface area contributed by atoms with E-state index < -0.39 is 0 Å². The molecule has 2 rings (SSSR count). The molecule has 17 heavy (non-hydrogen) atoms. The Morgan fingerprint density at radius 1 is 0.588 bits per heavy atom. The fourth-order valence-electron chi connectivity index (χ4n) is 1.04. The van der Waals surface area contributed by atoms with Gasteiger partial charge in [0.05, 0.1) is 0 Å². The molecule has 2 aromatic carbocycles. The zero-order valence-electron chi connectivity index (χ0n) is 9.04. The molecule has 0 aliphatic heterocycles. The van der Waals surface area contributed by atoms with Crippen molar-refractivity contribution < 1.29 is 46.9 Å². The second-order valence-corrected chi connectivity index (χ2v) is 2.98. The SMILES string of the molecule is [C-]#Cc1ccccc1.[C-]#Cc1ccccc1.[Yb+2]. The zero-order valence-corrected chi connectivity index (χ0v) is 10.8. The molecule has 0 heterocycles. The van der Waals surface area contributed by atoms with Crippen molar-refractivity contribution in [2.75, 3.05) is 0 Å². The van der Waals surface area contributed by atoms with Crippen molar-refractivity contribution in [3.8, 4) is 11.8 Å². The van der Waals surface area contributed by atoms with Gasteiger partial charge in [0.1, 0.15) is 0 Å². The van der Waals surface area contributed by atoms with Gasteiger partial charge >= 0.3 is 46.9 Å². The summed E-state index contributed by atoms with van der Waals surface area (Å²) in [6, 6.07) is 18.7. The van der Waals surface area contributed by atoms with Crippen molar-refractivity contribution >= 4 is 0 Å². The van der Waals surface area contributed by atoms with Gasteiger partial charge in [-0.2, -0.15) is 0 Å². The molecule has 0 saturated carbocycles. The van der Waals surface area contributed by atoms with Crippen LogP contribution in [0.2, 0.25) is 0 Å². The predicted octanol–water partition coefficient (Wildman–Crippen LogP) is 3.25. The van der Waals surface area contributed by atoms with Gasteiger partial charge in [-0.15, -0.1) is 35.4 Å². The van der Waals surface area contributed by atoms with Crippen LogP contribution in [0, 0.1) is 71.6 Å². The first-order chi connectivity index (χ1) is 7.86. The Kier molecular flexibility index (Phi) is 9.69. The van der Waals surface area contributed by atoms with E-state index in [1.165, 1.54) is 0 Å². The Labute approximate surface area is 142 Å². The average Bonchev–Trinajstić information content (AvgIpc) is 2.41. The standard InChI is InChI=1S/2C8H5.Yb/c2*1-2-8-6-4-3-5-7-8;/h2*3-7H;/q2*-1;+2. The van der Waals surface area contributed by atoms with Gasteiger partial charge in [0.15, 0.2) is 0 Å². The van der Waals surface area contributed by atoms with Gasteiger partial charge in [-0.1, -0.05) is 36.4 Å². The van der Waals surface area contributed by atoms with Crippen LogP contribution in [0.4, 0.5) is 0 Å². The summed E-state index contributed by atoms with van der Waals surface area (Å²) in [6.07, 6.45) is 13.4. The van der Waals surface area contributed by atoms with E-state index in [2.05, 4.69) is 11.8 Å². The van der Waals surface area contributed by atoms with E-state index in [1.54, 1.807) is 0 Å². The summed E-state index contributed by atoms with van der Waals surface area (Å²) in [5, 5.41) is 0. The first-order valence-electron chi connectivity index (χ1n) is 4.82. The first-order valence-corrected chi connectivity index (χ1v) is 4.82. The van der Waals surface area contributed by atoms with Gasteiger partial charge < -0.3 is 12.8 Å². The van der Waals surface area contributed by atoms with Crippen molar-refractivity contribution in [2.45, 2.75) is 0 Å². The van der Waals surface area contributed by atoms with Crippen molar-refractivity contribution in [1.82, 2.24) is 0 Å². The molecule has 1 heteroatoms. The van der Waals surface area contributed by atoms with Gasteiger partial charge in [-0.25, -0.2) is 0 Å². The summed E-state index contributed by atoms with van der Waals surface area (Å²) in [7, 11) is 0. The van der Waals surface area contributed by atoms with E-state index in [9.17, 15) is 0 Å². The van der Waals surface area contributed by atoms with Crippen molar-refractivity contribution in [1.29, 1.82) is 0 Å². The van der Waals surface area contributed by atoms with Gasteiger partial charge in [-0.3, -0.25) is 11.8 Å². The Hall–Kier alpha value is -0.921. The van der Waals surface area contributed by atoms with Crippen molar-refractivity contribution in [2.24, 2.45) is 0 Å². The largest absolute Gasteiger partial charge is 2.00 e. The van der Waals surface area contributed by atoms with Crippen molar-refractivity contribution in [3.63, 3.8) is 0 Å². The van der Waals surface area contributed by atoms with Gasteiger partial charge in [0.25, 0.3) is 0 Å². The molecular weight excluding hydrogens is 365 g/mol. The molecule has 0 saturated heterocycles. The van der Waals surface area contributed by atoms with Gasteiger partial charge in [-0.05, 0) is 0 Å². The summed E-state index contributed by atoms with van der Waals surface area (Å²) in [4.78, 5) is 0. The summed E-state index contributed by atoms with van der Waals surface area (Å²) < 4.78 is 0. The molecule has 0 radical (unpaired) electrons. The third-order valence-corrected chi connectivity index (χ3v) is 1.84. The van der Waals surface area contributed by atoms with Crippen LogP contribution in [0.5, 0.6) is 0 Å². The second kappa shape index (κ2) is 10.2. The molecule has 0 N–H and O–H groups in total. The summed E-state index contributed by atoms with van der Waals surface area (Å²) in [6.45, 7) is 0. The zero-order chi connectivity index (χ0) is 11.6. The molecule has 0 amide bonds. The molecule has 0 spiro atoms. The smallest absolute Gasteiger partial charge is 0.366 e. The van der Waals surface area contributed by atoms with Crippen LogP contribution in [0.3, 0.4) is 0 Å². The molecular formula is C16H10Yb. The van der Waals surface area contributed by atoms with Crippen LogP contribution in [0.1, 0.15) is 11.1 Å². The minimum absolute atomic E-state index is 0. The van der Waals surface area contributed by atoms with E-state index in [1.807, 2.05) is 60.7 Å². The van der Waals surface area contributed by atoms with Crippen LogP contribution < -0.4 is 0 Å². The molecule has 0 atom stereocenters. The third kappa shape index (κ3) is 7.09. The Morgan fingerprint density at radius 2 is 0.882 bits per heavy atom. The fraction of sp³-hybridized carbons (Fsp3) is 0. The molecule has 0 bridgehead atoms. The van der Waals surface area contributed by atoms with E-state index in [0.29, 0.717) is 0 Å². The molecule has 0 aliphatic rings. The Balaban J connectivity index is 0.000000284. The number of hydrogen-bond acceptors (Lipinski definition) is 0. The monoisotopic (exact) mass is 376 g/mol. The van der Waals surface area contributed by atoms with Gasteiger partial charge in [0, 0.05) is 0 Å². The number of hydrogen-bond donors (Lipinski definition) is 0. The van der Waals surface area contributed by atoms with E-state index >= 15 is 0 Å². The summed E-state index contributed by atoms with van der Waals surface area (Å²) in [5.74, 6) is 4.55. The molecule has 2 aromatic rings. The number of benzene rings is 2. The first kappa shape index (κ1) is 16.1. The number of rotatable bonds is 0. The average molecular weight is 375 g/mol.